The summed E-state index contributed by atoms with van der Waals surface area (Å²) in [4.78, 5) is 78.0. The monoisotopic (exact) mass is 2020 g/mol. The number of fused-ring (bicyclic) bond motifs is 5. The van der Waals surface area contributed by atoms with Crippen molar-refractivity contribution < 1.29 is 32.8 Å². The Hall–Kier alpha value is -7.06. The molecule has 5 unspecified atom stereocenters. The Kier molecular flexibility index (Phi) is 43.8. The van der Waals surface area contributed by atoms with E-state index in [1.165, 1.54) is 61.3 Å². The minimum atomic E-state index is -0.217. The normalized spacial score (nSPS) is 16.0. The van der Waals surface area contributed by atoms with Crippen LogP contribution in [0.3, 0.4) is 0 Å². The number of halogens is 5. The van der Waals surface area contributed by atoms with Gasteiger partial charge in [-0.2, -0.15) is 0 Å². The van der Waals surface area contributed by atoms with Gasteiger partial charge in [-0.1, -0.05) is 308 Å². The highest BCUT2D eigenvalue weighted by molar-refractivity contribution is 7.10. The van der Waals surface area contributed by atoms with E-state index in [4.69, 9.17) is 66.8 Å². The fourth-order valence-electron chi connectivity index (χ4n) is 20.3. The van der Waals surface area contributed by atoms with Crippen molar-refractivity contribution in [3.8, 4) is 0 Å². The molecule has 10 heterocycles. The molecule has 0 fully saturated rings. The predicted octanol–water partition coefficient (Wildman–Crippen LogP) is 33.3. The highest BCUT2D eigenvalue weighted by Gasteiger charge is 2.36. The highest BCUT2D eigenvalue weighted by atomic mass is 35.5. The van der Waals surface area contributed by atoms with Crippen molar-refractivity contribution in [3.05, 3.63) is 289 Å². The molecule has 13 nitrogen and oxygen atoms in total. The number of ketones is 5. The number of furan rings is 2. The van der Waals surface area contributed by atoms with Crippen LogP contribution in [0.5, 0.6) is 0 Å². The van der Waals surface area contributed by atoms with E-state index in [-0.39, 0.29) is 44.4 Å². The molecule has 5 atom stereocenters. The van der Waals surface area contributed by atoms with Gasteiger partial charge >= 0.3 is 0 Å². The van der Waals surface area contributed by atoms with Gasteiger partial charge in [-0.15, -0.1) is 22.7 Å². The lowest BCUT2D eigenvalue weighted by Gasteiger charge is -2.35. The van der Waals surface area contributed by atoms with Crippen LogP contribution in [0.2, 0.25) is 25.1 Å². The van der Waals surface area contributed by atoms with Crippen molar-refractivity contribution in [1.29, 1.82) is 0 Å². The minimum Gasteiger partial charge on any atom is -0.469 e. The zero-order valence-corrected chi connectivity index (χ0v) is 91.5. The molecule has 0 spiro atoms. The number of thiophene rings is 2. The van der Waals surface area contributed by atoms with Crippen LogP contribution in [0.25, 0.3) is 0 Å². The summed E-state index contributed by atoms with van der Waals surface area (Å²) in [5.74, 6) is 3.68. The van der Waals surface area contributed by atoms with E-state index in [2.05, 4.69) is 200 Å². The van der Waals surface area contributed by atoms with Gasteiger partial charge in [-0.05, 0) is 228 Å². The number of benzene rings is 5. The molecular formula is C119H159Cl5N6O7S2. The second-order valence-corrected chi connectivity index (χ2v) is 47.1. The molecule has 20 heteroatoms. The number of carbonyl (C=O) groups excluding carboxylic acids is 5. The zero-order valence-electron chi connectivity index (χ0n) is 86.1. The van der Waals surface area contributed by atoms with E-state index >= 15 is 0 Å². The molecule has 0 radical (unpaired) electrons. The number of hydrogen-bond donors (Lipinski definition) is 1. The van der Waals surface area contributed by atoms with Crippen LogP contribution in [-0.4, -0.2) is 91.1 Å². The van der Waals surface area contributed by atoms with Crippen LogP contribution in [0.4, 0.5) is 0 Å². The maximum absolute atomic E-state index is 11.8. The number of rotatable bonds is 44. The van der Waals surface area contributed by atoms with Crippen LogP contribution in [0, 0.1) is 27.1 Å². The third kappa shape index (κ3) is 33.0. The second-order valence-electron chi connectivity index (χ2n) is 43.1. The SMILES string of the molecule is CC(=O)C(C)(C)CCCCC(c1ccccc1Cl)N1CCc2[nH]ccc2C1.CC(=O)C(C)(C)CCCCCC(c1ccccc1Cl)N1CCc2occc2C1.CC(=O)C(C)(C)CCCCCC(c1ccccc1Cl)N1CCc2occc2C1.CC(=O)C(C)(C)CCCCCC(c1ccccc1Cl)N1CCc2sccc2C1.CC(=O)C(C)(C)CCCCCC(c1ccccc1Cl)N1CCc2sccc2C1. The van der Waals surface area contributed by atoms with Gasteiger partial charge in [0.15, 0.2) is 0 Å². The molecule has 15 rings (SSSR count). The summed E-state index contributed by atoms with van der Waals surface area (Å²) >= 11 is 36.7. The number of unbranched alkanes of at least 4 members (excludes halogenated alkanes) is 9. The Morgan fingerprint density at radius 3 is 0.827 bits per heavy atom. The number of Topliss-reactive ketones (excluding diaryl/α,β-unsaturated/α-hetero) is 5. The molecule has 5 aromatic carbocycles. The van der Waals surface area contributed by atoms with Crippen LogP contribution in [0.1, 0.15) is 371 Å². The van der Waals surface area contributed by atoms with Crippen molar-refractivity contribution in [3.63, 3.8) is 0 Å². The van der Waals surface area contributed by atoms with Crippen LogP contribution < -0.4 is 0 Å². The standard InChI is InChI=1S/2C24H32ClNO2.2C24H32ClNOS.C23H31ClN2O/c4*1-18(27)24(2,3)14-8-4-5-11-22(20-9-6-7-10-21(20)25)26-15-12-23-19(17-26)13-16-28-23;1-17(27)23(2,3)13-7-6-10-22(19-8-4-5-9-20(19)24)26-15-12-21-18(16-26)11-14-25-21/h4*6-7,9-10,13,16,22H,4-5,8,11-12,14-15,17H2,1-3H3;4-5,8-9,11,14,22,25H,6-7,10,12-13,15-16H2,1-3H3. The second kappa shape index (κ2) is 54.2. The van der Waals surface area contributed by atoms with Crippen LogP contribution in [-0.2, 0) is 88.8 Å². The molecule has 5 aliphatic heterocycles. The highest BCUT2D eigenvalue weighted by Crippen LogP contribution is 2.45. The van der Waals surface area contributed by atoms with Gasteiger partial charge in [0, 0.05) is 200 Å². The summed E-state index contributed by atoms with van der Waals surface area (Å²) < 4.78 is 11.2. The van der Waals surface area contributed by atoms with E-state index in [1.807, 2.05) is 89.5 Å². The molecule has 5 aliphatic rings. The van der Waals surface area contributed by atoms with E-state index in [9.17, 15) is 24.0 Å². The first kappa shape index (κ1) is 112. The average Bonchev–Trinajstić information content (AvgIpc) is 1.77. The Morgan fingerprint density at radius 2 is 0.547 bits per heavy atom. The number of nitrogens with one attached hydrogen (secondary N) is 1. The summed E-state index contributed by atoms with van der Waals surface area (Å²) in [6.45, 7) is 39.2. The maximum atomic E-state index is 11.8. The van der Waals surface area contributed by atoms with Crippen molar-refractivity contribution in [1.82, 2.24) is 29.5 Å². The van der Waals surface area contributed by atoms with Gasteiger partial charge < -0.3 is 13.8 Å². The van der Waals surface area contributed by atoms with Crippen LogP contribution >= 0.6 is 80.7 Å². The zero-order chi connectivity index (χ0) is 100. The third-order valence-electron chi connectivity index (χ3n) is 31.2. The summed E-state index contributed by atoms with van der Waals surface area (Å²) in [7, 11) is 0. The molecule has 0 saturated carbocycles. The lowest BCUT2D eigenvalue weighted by Crippen LogP contribution is -2.34. The van der Waals surface area contributed by atoms with Gasteiger partial charge in [-0.25, -0.2) is 0 Å². The first-order valence-electron chi connectivity index (χ1n) is 51.8. The van der Waals surface area contributed by atoms with Gasteiger partial charge in [0.25, 0.3) is 0 Å². The topological polar surface area (TPSA) is 144 Å². The van der Waals surface area contributed by atoms with Crippen molar-refractivity contribution in [2.45, 2.75) is 353 Å². The Labute approximate surface area is 866 Å². The summed E-state index contributed by atoms with van der Waals surface area (Å²) in [5.41, 5.74) is 13.5. The number of H-pyrrole nitrogens is 1. The number of aromatic nitrogens is 1. The van der Waals surface area contributed by atoms with E-state index in [0.717, 1.165) is 288 Å². The largest absolute Gasteiger partial charge is 0.469 e. The fourth-order valence-corrected chi connectivity index (χ4v) is 23.4. The van der Waals surface area contributed by atoms with Crippen molar-refractivity contribution >= 4 is 110 Å². The average molecular weight is 2030 g/mol. The fraction of sp³-hybridized carbons (Fsp3) is 0.538. The minimum absolute atomic E-state index is 0.190. The number of nitrogens with zero attached hydrogens (tertiary/aromatic N) is 5. The van der Waals surface area contributed by atoms with Crippen molar-refractivity contribution in [2.75, 3.05) is 32.7 Å². The van der Waals surface area contributed by atoms with E-state index in [1.54, 1.807) is 56.9 Å². The molecule has 0 bridgehead atoms. The van der Waals surface area contributed by atoms with E-state index in [0.29, 0.717) is 41.8 Å². The molecule has 0 amide bonds. The molecule has 0 saturated heterocycles. The molecule has 10 aromatic rings. The first-order chi connectivity index (χ1) is 66.4. The van der Waals surface area contributed by atoms with Gasteiger partial charge in [0.2, 0.25) is 0 Å². The third-order valence-corrected chi connectivity index (χ3v) is 35.0. The Bertz CT molecular complexity index is 4980. The lowest BCUT2D eigenvalue weighted by atomic mass is 9.83. The van der Waals surface area contributed by atoms with Gasteiger partial charge in [0.1, 0.15) is 40.4 Å². The Morgan fingerprint density at radius 1 is 0.302 bits per heavy atom. The molecule has 5 aromatic heterocycles. The Balaban J connectivity index is 0.000000166. The molecule has 754 valence electrons. The predicted molar refractivity (Wildman–Crippen MR) is 581 cm³/mol. The van der Waals surface area contributed by atoms with Crippen LogP contribution in [0.15, 0.2) is 190 Å². The summed E-state index contributed by atoms with van der Waals surface area (Å²) in [5, 5.41) is 8.74. The lowest BCUT2D eigenvalue weighted by molar-refractivity contribution is -0.125. The molecule has 0 aliphatic carbocycles. The number of aromatic amines is 1. The number of carbonyl (C=O) groups is 5. The number of hydrogen-bond acceptors (Lipinski definition) is 14. The maximum Gasteiger partial charge on any atom is 0.135 e. The quantitative estimate of drug-likeness (QED) is 0.0363. The summed E-state index contributed by atoms with van der Waals surface area (Å²) in [6, 6.07) is 54.0. The molecule has 139 heavy (non-hydrogen) atoms. The molecule has 1 N–H and O–H groups in total. The molecular weight excluding hydrogens is 1870 g/mol. The first-order valence-corrected chi connectivity index (χ1v) is 55.4. The van der Waals surface area contributed by atoms with Gasteiger partial charge in [-0.3, -0.25) is 48.5 Å². The smallest absolute Gasteiger partial charge is 0.135 e. The van der Waals surface area contributed by atoms with E-state index < -0.39 is 0 Å². The van der Waals surface area contributed by atoms with Crippen molar-refractivity contribution in [2.24, 2.45) is 27.1 Å². The van der Waals surface area contributed by atoms with Gasteiger partial charge in [0.05, 0.1) is 12.5 Å². The summed E-state index contributed by atoms with van der Waals surface area (Å²) in [6.07, 6.45) is 36.9.